The molecule has 1 aromatic carbocycles. The molecule has 7 nitrogen and oxygen atoms in total. The van der Waals surface area contributed by atoms with E-state index in [4.69, 9.17) is 9.47 Å². The van der Waals surface area contributed by atoms with Crippen LogP contribution in [0.15, 0.2) is 24.3 Å². The first-order chi connectivity index (χ1) is 14.1. The summed E-state index contributed by atoms with van der Waals surface area (Å²) in [7, 11) is 1.52. The van der Waals surface area contributed by atoms with Crippen LogP contribution in [-0.4, -0.2) is 44.1 Å². The molecule has 1 saturated carbocycles. The van der Waals surface area contributed by atoms with Gasteiger partial charge in [0.25, 0.3) is 11.8 Å². The molecule has 1 heterocycles. The van der Waals surface area contributed by atoms with Crippen molar-refractivity contribution in [3.63, 3.8) is 0 Å². The molecule has 3 rings (SSSR count). The average molecular weight is 402 g/mol. The third-order valence-electron chi connectivity index (χ3n) is 5.69. The molecule has 0 bridgehead atoms. The summed E-state index contributed by atoms with van der Waals surface area (Å²) >= 11 is 0. The molecule has 2 amide bonds. The number of benzene rings is 1. The molecule has 0 saturated heterocycles. The minimum Gasteiger partial charge on any atom is -0.477 e. The van der Waals surface area contributed by atoms with E-state index in [1.54, 1.807) is 24.3 Å². The summed E-state index contributed by atoms with van der Waals surface area (Å²) in [5.74, 6) is 0.162. The molecule has 29 heavy (non-hydrogen) atoms. The van der Waals surface area contributed by atoms with Crippen LogP contribution in [-0.2, 0) is 19.1 Å². The highest BCUT2D eigenvalue weighted by Crippen LogP contribution is 2.33. The van der Waals surface area contributed by atoms with Crippen LogP contribution >= 0.6 is 0 Å². The van der Waals surface area contributed by atoms with Crippen molar-refractivity contribution in [2.24, 2.45) is 5.92 Å². The standard InChI is InChI=1S/C22H30N2O5/c1-23-22(27)19-14-24(17-11-5-6-12-18(17)29-19)20(25)15-28-21(26)13-7-10-16-8-3-2-4-9-16/h5-6,11-12,16,19H,2-4,7-10,13-15H2,1H3,(H,23,27). The Balaban J connectivity index is 1.49. The molecule has 1 atom stereocenters. The maximum atomic E-state index is 12.7. The summed E-state index contributed by atoms with van der Waals surface area (Å²) in [6, 6.07) is 7.03. The van der Waals surface area contributed by atoms with E-state index in [0.29, 0.717) is 17.9 Å². The number of ether oxygens (including phenoxy) is 2. The zero-order valence-electron chi connectivity index (χ0n) is 17.0. The Morgan fingerprint density at radius 1 is 1.17 bits per heavy atom. The van der Waals surface area contributed by atoms with E-state index in [2.05, 4.69) is 5.32 Å². The van der Waals surface area contributed by atoms with Crippen LogP contribution in [0.25, 0.3) is 0 Å². The Kier molecular flexibility index (Phi) is 7.49. The summed E-state index contributed by atoms with van der Waals surface area (Å²) in [5.41, 5.74) is 0.575. The van der Waals surface area contributed by atoms with Gasteiger partial charge < -0.3 is 19.7 Å². The number of likely N-dealkylation sites (N-methyl/N-ethyl adjacent to an activating group) is 1. The minimum atomic E-state index is -0.801. The fourth-order valence-electron chi connectivity index (χ4n) is 4.07. The van der Waals surface area contributed by atoms with Gasteiger partial charge in [-0.15, -0.1) is 0 Å². The number of rotatable bonds is 7. The van der Waals surface area contributed by atoms with Crippen molar-refractivity contribution in [2.45, 2.75) is 57.5 Å². The number of hydrogen-bond acceptors (Lipinski definition) is 5. The van der Waals surface area contributed by atoms with Gasteiger partial charge in [0.1, 0.15) is 5.75 Å². The van der Waals surface area contributed by atoms with Crippen LogP contribution in [0.3, 0.4) is 0 Å². The van der Waals surface area contributed by atoms with Gasteiger partial charge in [-0.05, 0) is 30.9 Å². The number of anilines is 1. The van der Waals surface area contributed by atoms with Crippen molar-refractivity contribution >= 4 is 23.5 Å². The molecule has 1 aliphatic carbocycles. The van der Waals surface area contributed by atoms with Crippen molar-refractivity contribution in [1.29, 1.82) is 0 Å². The van der Waals surface area contributed by atoms with Crippen molar-refractivity contribution in [3.8, 4) is 5.75 Å². The van der Waals surface area contributed by atoms with Crippen molar-refractivity contribution in [1.82, 2.24) is 5.32 Å². The Morgan fingerprint density at radius 3 is 2.69 bits per heavy atom. The number of amides is 2. The highest BCUT2D eigenvalue weighted by molar-refractivity contribution is 5.98. The number of para-hydroxylation sites is 2. The molecule has 0 radical (unpaired) electrons. The first kappa shape index (κ1) is 21.1. The lowest BCUT2D eigenvalue weighted by Crippen LogP contribution is -2.51. The predicted octanol–water partition coefficient (Wildman–Crippen LogP) is 2.82. The van der Waals surface area contributed by atoms with Crippen LogP contribution in [0.5, 0.6) is 5.75 Å². The number of fused-ring (bicyclic) bond motifs is 1. The molecule has 0 aromatic heterocycles. The number of esters is 1. The van der Waals surface area contributed by atoms with E-state index >= 15 is 0 Å². The van der Waals surface area contributed by atoms with Gasteiger partial charge in [-0.25, -0.2) is 0 Å². The lowest BCUT2D eigenvalue weighted by atomic mass is 9.86. The van der Waals surface area contributed by atoms with Gasteiger partial charge >= 0.3 is 5.97 Å². The van der Waals surface area contributed by atoms with Crippen LogP contribution in [0.1, 0.15) is 51.4 Å². The second kappa shape index (κ2) is 10.3. The van der Waals surface area contributed by atoms with Crippen LogP contribution in [0.2, 0.25) is 0 Å². The maximum Gasteiger partial charge on any atom is 0.306 e. The van der Waals surface area contributed by atoms with E-state index in [9.17, 15) is 14.4 Å². The SMILES string of the molecule is CNC(=O)C1CN(C(=O)COC(=O)CCCC2CCCCC2)c2ccccc2O1. The molecule has 1 fully saturated rings. The zero-order chi connectivity index (χ0) is 20.6. The Bertz CT molecular complexity index is 730. The van der Waals surface area contributed by atoms with Crippen molar-refractivity contribution < 1.29 is 23.9 Å². The van der Waals surface area contributed by atoms with E-state index < -0.39 is 6.10 Å². The monoisotopic (exact) mass is 402 g/mol. The van der Waals surface area contributed by atoms with E-state index in [1.165, 1.54) is 44.1 Å². The fraction of sp³-hybridized carbons (Fsp3) is 0.591. The quantitative estimate of drug-likeness (QED) is 0.709. The van der Waals surface area contributed by atoms with Crippen LogP contribution in [0.4, 0.5) is 5.69 Å². The summed E-state index contributed by atoms with van der Waals surface area (Å²) in [6.07, 6.45) is 7.82. The Labute approximate surface area is 171 Å². The second-order valence-corrected chi connectivity index (χ2v) is 7.75. The van der Waals surface area contributed by atoms with Crippen LogP contribution < -0.4 is 15.0 Å². The maximum absolute atomic E-state index is 12.7. The van der Waals surface area contributed by atoms with E-state index in [1.807, 2.05) is 0 Å². The number of nitrogens with one attached hydrogen (secondary N) is 1. The third-order valence-corrected chi connectivity index (χ3v) is 5.69. The molecule has 7 heteroatoms. The van der Waals surface area contributed by atoms with E-state index in [-0.39, 0.29) is 30.9 Å². The van der Waals surface area contributed by atoms with Gasteiger partial charge in [0, 0.05) is 13.5 Å². The van der Waals surface area contributed by atoms with Gasteiger partial charge in [0.05, 0.1) is 12.2 Å². The third kappa shape index (κ3) is 5.71. The molecule has 1 aromatic rings. The van der Waals surface area contributed by atoms with Crippen molar-refractivity contribution in [3.05, 3.63) is 24.3 Å². The summed E-state index contributed by atoms with van der Waals surface area (Å²) in [6.45, 7) is -0.258. The second-order valence-electron chi connectivity index (χ2n) is 7.75. The highest BCUT2D eigenvalue weighted by Gasteiger charge is 2.33. The predicted molar refractivity (Wildman–Crippen MR) is 109 cm³/mol. The smallest absolute Gasteiger partial charge is 0.306 e. The Hall–Kier alpha value is -2.57. The highest BCUT2D eigenvalue weighted by atomic mass is 16.5. The number of carbonyl (C=O) groups excluding carboxylic acids is 3. The molecule has 1 N–H and O–H groups in total. The first-order valence-corrected chi connectivity index (χ1v) is 10.5. The van der Waals surface area contributed by atoms with E-state index in [0.717, 1.165) is 18.8 Å². The molecular weight excluding hydrogens is 372 g/mol. The molecule has 1 aliphatic heterocycles. The molecule has 2 aliphatic rings. The Morgan fingerprint density at radius 2 is 1.93 bits per heavy atom. The summed E-state index contributed by atoms with van der Waals surface area (Å²) in [5, 5.41) is 2.54. The van der Waals surface area contributed by atoms with Gasteiger partial charge in [-0.3, -0.25) is 14.4 Å². The molecular formula is C22H30N2O5. The number of carbonyl (C=O) groups is 3. The average Bonchev–Trinajstić information content (AvgIpc) is 2.76. The zero-order valence-corrected chi connectivity index (χ0v) is 17.0. The summed E-state index contributed by atoms with van der Waals surface area (Å²) in [4.78, 5) is 38.2. The molecule has 158 valence electrons. The van der Waals surface area contributed by atoms with Gasteiger partial charge in [-0.1, -0.05) is 44.2 Å². The molecule has 0 spiro atoms. The largest absolute Gasteiger partial charge is 0.477 e. The van der Waals surface area contributed by atoms with Gasteiger partial charge in [-0.2, -0.15) is 0 Å². The molecule has 1 unspecified atom stereocenters. The van der Waals surface area contributed by atoms with Crippen molar-refractivity contribution in [2.75, 3.05) is 25.1 Å². The fourth-order valence-corrected chi connectivity index (χ4v) is 4.07. The normalized spacial score (nSPS) is 19.1. The minimum absolute atomic E-state index is 0.0781. The number of nitrogens with zero attached hydrogens (tertiary/aromatic N) is 1. The topological polar surface area (TPSA) is 84.9 Å². The lowest BCUT2D eigenvalue weighted by Gasteiger charge is -2.33. The summed E-state index contributed by atoms with van der Waals surface area (Å²) < 4.78 is 10.9. The van der Waals surface area contributed by atoms with Gasteiger partial charge in [0.2, 0.25) is 0 Å². The first-order valence-electron chi connectivity index (χ1n) is 10.5. The van der Waals surface area contributed by atoms with Crippen LogP contribution in [0, 0.1) is 5.92 Å². The number of hydrogen-bond donors (Lipinski definition) is 1. The van der Waals surface area contributed by atoms with Gasteiger partial charge in [0.15, 0.2) is 12.7 Å². The lowest BCUT2D eigenvalue weighted by molar-refractivity contribution is -0.148.